The highest BCUT2D eigenvalue weighted by Gasteiger charge is 2.27. The van der Waals surface area contributed by atoms with E-state index in [0.717, 1.165) is 61.5 Å². The van der Waals surface area contributed by atoms with Gasteiger partial charge in [0.05, 0.1) is 5.92 Å². The molecule has 1 aromatic carbocycles. The Morgan fingerprint density at radius 2 is 1.86 bits per heavy atom. The zero-order valence-corrected chi connectivity index (χ0v) is 15.9. The van der Waals surface area contributed by atoms with Crippen LogP contribution in [0.15, 0.2) is 24.3 Å². The number of carbonyl (C=O) groups is 2. The number of aryl methyl sites for hydroxylation is 1. The van der Waals surface area contributed by atoms with E-state index >= 15 is 0 Å². The maximum absolute atomic E-state index is 12.6. The van der Waals surface area contributed by atoms with Gasteiger partial charge in [0, 0.05) is 37.3 Å². The van der Waals surface area contributed by atoms with Crippen molar-refractivity contribution in [2.45, 2.75) is 45.1 Å². The van der Waals surface area contributed by atoms with Crippen molar-refractivity contribution in [3.63, 3.8) is 0 Å². The first-order chi connectivity index (χ1) is 13.6. The lowest BCUT2D eigenvalue weighted by atomic mass is 9.97. The standard InChI is InChI=1S/C20H26N6O2/c21-20(28)25-11-4-5-15(13-25)19(27)22-16-9-7-14(8-10-16)18-24-23-17-6-2-1-3-12-26(17)18/h7-10,15H,1-6,11-13H2,(H2,21,28)(H,22,27)/t15-/m1/s1. The predicted molar refractivity (Wildman–Crippen MR) is 106 cm³/mol. The topological polar surface area (TPSA) is 106 Å². The van der Waals surface area contributed by atoms with Crippen LogP contribution in [0.1, 0.15) is 37.9 Å². The molecule has 0 radical (unpaired) electrons. The Morgan fingerprint density at radius 1 is 1.04 bits per heavy atom. The van der Waals surface area contributed by atoms with Crippen LogP contribution in [0.25, 0.3) is 11.4 Å². The van der Waals surface area contributed by atoms with Gasteiger partial charge in [-0.3, -0.25) is 4.79 Å². The Balaban J connectivity index is 1.43. The summed E-state index contributed by atoms with van der Waals surface area (Å²) in [6.07, 6.45) is 6.07. The molecule has 8 heteroatoms. The quantitative estimate of drug-likeness (QED) is 0.850. The minimum Gasteiger partial charge on any atom is -0.351 e. The molecule has 3 N–H and O–H groups in total. The lowest BCUT2D eigenvalue weighted by Gasteiger charge is -2.30. The molecule has 3 heterocycles. The van der Waals surface area contributed by atoms with Gasteiger partial charge in [-0.25, -0.2) is 4.79 Å². The van der Waals surface area contributed by atoms with Gasteiger partial charge in [-0.1, -0.05) is 6.42 Å². The first-order valence-corrected chi connectivity index (χ1v) is 9.99. The number of rotatable bonds is 3. The van der Waals surface area contributed by atoms with E-state index in [1.807, 2.05) is 24.3 Å². The zero-order valence-electron chi connectivity index (χ0n) is 15.9. The molecule has 2 aromatic rings. The molecule has 8 nitrogen and oxygen atoms in total. The van der Waals surface area contributed by atoms with Gasteiger partial charge in [0.2, 0.25) is 5.91 Å². The summed E-state index contributed by atoms with van der Waals surface area (Å²) in [5.74, 6) is 1.64. The van der Waals surface area contributed by atoms with Gasteiger partial charge in [-0.2, -0.15) is 0 Å². The molecule has 1 saturated heterocycles. The molecule has 0 aliphatic carbocycles. The maximum atomic E-state index is 12.6. The van der Waals surface area contributed by atoms with Crippen molar-refractivity contribution in [3.8, 4) is 11.4 Å². The zero-order chi connectivity index (χ0) is 19.5. The van der Waals surface area contributed by atoms with Crippen LogP contribution in [0.5, 0.6) is 0 Å². The molecule has 4 rings (SSSR count). The largest absolute Gasteiger partial charge is 0.351 e. The summed E-state index contributed by atoms with van der Waals surface area (Å²) in [6.45, 7) is 1.95. The molecule has 28 heavy (non-hydrogen) atoms. The fraction of sp³-hybridized carbons (Fsp3) is 0.500. The molecule has 1 aromatic heterocycles. The number of fused-ring (bicyclic) bond motifs is 1. The average Bonchev–Trinajstić information content (AvgIpc) is 2.96. The number of hydrogen-bond donors (Lipinski definition) is 2. The Morgan fingerprint density at radius 3 is 2.64 bits per heavy atom. The lowest BCUT2D eigenvalue weighted by molar-refractivity contribution is -0.121. The molecule has 1 fully saturated rings. The van der Waals surface area contributed by atoms with Crippen molar-refractivity contribution >= 4 is 17.6 Å². The molecule has 0 saturated carbocycles. The summed E-state index contributed by atoms with van der Waals surface area (Å²) in [7, 11) is 0. The Kier molecular flexibility index (Phi) is 5.27. The number of carbonyl (C=O) groups excluding carboxylic acids is 2. The number of urea groups is 1. The summed E-state index contributed by atoms with van der Waals surface area (Å²) in [4.78, 5) is 25.5. The van der Waals surface area contributed by atoms with E-state index in [-0.39, 0.29) is 11.8 Å². The van der Waals surface area contributed by atoms with Gasteiger partial charge in [-0.05, 0) is 49.9 Å². The van der Waals surface area contributed by atoms with Crippen molar-refractivity contribution < 1.29 is 9.59 Å². The molecule has 2 aliphatic rings. The van der Waals surface area contributed by atoms with Crippen molar-refractivity contribution in [2.75, 3.05) is 18.4 Å². The van der Waals surface area contributed by atoms with Gasteiger partial charge in [0.1, 0.15) is 5.82 Å². The second-order valence-electron chi connectivity index (χ2n) is 7.59. The number of nitrogens with two attached hydrogens (primary N) is 1. The molecule has 148 valence electrons. The van der Waals surface area contributed by atoms with Crippen LogP contribution in [-0.4, -0.2) is 44.7 Å². The van der Waals surface area contributed by atoms with Crippen LogP contribution in [0, 0.1) is 5.92 Å². The number of amides is 3. The predicted octanol–water partition coefficient (Wildman–Crippen LogP) is 2.40. The fourth-order valence-electron chi connectivity index (χ4n) is 4.04. The van der Waals surface area contributed by atoms with E-state index in [2.05, 4.69) is 20.1 Å². The second kappa shape index (κ2) is 8.00. The van der Waals surface area contributed by atoms with Gasteiger partial charge >= 0.3 is 6.03 Å². The van der Waals surface area contributed by atoms with Gasteiger partial charge in [0.15, 0.2) is 5.82 Å². The van der Waals surface area contributed by atoms with Crippen LogP contribution in [0.4, 0.5) is 10.5 Å². The van der Waals surface area contributed by atoms with Gasteiger partial charge < -0.3 is 20.5 Å². The number of primary amides is 1. The number of hydrogen-bond acceptors (Lipinski definition) is 4. The van der Waals surface area contributed by atoms with Crippen LogP contribution < -0.4 is 11.1 Å². The average molecular weight is 382 g/mol. The smallest absolute Gasteiger partial charge is 0.314 e. The van der Waals surface area contributed by atoms with E-state index in [1.54, 1.807) is 0 Å². The summed E-state index contributed by atoms with van der Waals surface area (Å²) in [5.41, 5.74) is 7.08. The SMILES string of the molecule is NC(=O)N1CCC[C@@H](C(=O)Nc2ccc(-c3nnc4n3CCCCC4)cc2)C1. The first-order valence-electron chi connectivity index (χ1n) is 9.99. The molecule has 3 amide bonds. The van der Waals surface area contributed by atoms with Gasteiger partial charge in [-0.15, -0.1) is 10.2 Å². The molecular weight excluding hydrogens is 356 g/mol. The Hall–Kier alpha value is -2.90. The summed E-state index contributed by atoms with van der Waals surface area (Å²) in [5, 5.41) is 11.7. The number of anilines is 1. The van der Waals surface area contributed by atoms with E-state index in [0.29, 0.717) is 13.1 Å². The van der Waals surface area contributed by atoms with E-state index in [1.165, 1.54) is 11.3 Å². The Bertz CT molecular complexity index is 860. The van der Waals surface area contributed by atoms with Gasteiger partial charge in [0.25, 0.3) is 0 Å². The molecule has 1 atom stereocenters. The second-order valence-corrected chi connectivity index (χ2v) is 7.59. The molecule has 0 bridgehead atoms. The number of piperidine rings is 1. The summed E-state index contributed by atoms with van der Waals surface area (Å²) >= 11 is 0. The van der Waals surface area contributed by atoms with Crippen molar-refractivity contribution in [3.05, 3.63) is 30.1 Å². The fourth-order valence-corrected chi connectivity index (χ4v) is 4.04. The number of nitrogens with zero attached hydrogens (tertiary/aromatic N) is 4. The van der Waals surface area contributed by atoms with Crippen molar-refractivity contribution in [1.29, 1.82) is 0 Å². The molecule has 0 spiro atoms. The monoisotopic (exact) mass is 382 g/mol. The van der Waals surface area contributed by atoms with Crippen molar-refractivity contribution in [1.82, 2.24) is 19.7 Å². The van der Waals surface area contributed by atoms with Crippen molar-refractivity contribution in [2.24, 2.45) is 11.7 Å². The van der Waals surface area contributed by atoms with E-state index in [4.69, 9.17) is 5.73 Å². The third kappa shape index (κ3) is 3.85. The van der Waals surface area contributed by atoms with E-state index < -0.39 is 6.03 Å². The summed E-state index contributed by atoms with van der Waals surface area (Å²) < 4.78 is 2.21. The van der Waals surface area contributed by atoms with Crippen LogP contribution in [-0.2, 0) is 17.8 Å². The van der Waals surface area contributed by atoms with Crippen LogP contribution in [0.2, 0.25) is 0 Å². The minimum atomic E-state index is -0.464. The number of benzene rings is 1. The first kappa shape index (κ1) is 18.5. The highest BCUT2D eigenvalue weighted by Crippen LogP contribution is 2.25. The lowest BCUT2D eigenvalue weighted by Crippen LogP contribution is -2.46. The van der Waals surface area contributed by atoms with E-state index in [9.17, 15) is 9.59 Å². The third-order valence-electron chi connectivity index (χ3n) is 5.62. The highest BCUT2D eigenvalue weighted by molar-refractivity contribution is 5.93. The number of likely N-dealkylation sites (tertiary alicyclic amines) is 1. The molecular formula is C20H26N6O2. The third-order valence-corrected chi connectivity index (χ3v) is 5.62. The maximum Gasteiger partial charge on any atom is 0.314 e. The number of aromatic nitrogens is 3. The highest BCUT2D eigenvalue weighted by atomic mass is 16.2. The molecule has 0 unspecified atom stereocenters. The molecule has 2 aliphatic heterocycles. The minimum absolute atomic E-state index is 0.0740. The Labute approximate surface area is 164 Å². The van der Waals surface area contributed by atoms with Crippen LogP contribution >= 0.6 is 0 Å². The summed E-state index contributed by atoms with van der Waals surface area (Å²) in [6, 6.07) is 7.25. The van der Waals surface area contributed by atoms with Crippen LogP contribution in [0.3, 0.4) is 0 Å². The normalized spacial score (nSPS) is 19.6. The number of nitrogens with one attached hydrogen (secondary N) is 1.